The predicted molar refractivity (Wildman–Crippen MR) is 105 cm³/mol. The van der Waals surface area contributed by atoms with Gasteiger partial charge >= 0.3 is 0 Å². The van der Waals surface area contributed by atoms with Gasteiger partial charge in [-0.25, -0.2) is 9.37 Å². The Bertz CT molecular complexity index is 1000. The van der Waals surface area contributed by atoms with Gasteiger partial charge < -0.3 is 19.7 Å². The van der Waals surface area contributed by atoms with E-state index in [-0.39, 0.29) is 11.7 Å². The summed E-state index contributed by atoms with van der Waals surface area (Å²) in [5, 5.41) is 22.0. The number of hydrogen-bond donors (Lipinski definition) is 2. The zero-order valence-corrected chi connectivity index (χ0v) is 16.0. The van der Waals surface area contributed by atoms with Crippen molar-refractivity contribution >= 4 is 0 Å². The smallest absolute Gasteiger partial charge is 0.233 e. The van der Waals surface area contributed by atoms with Crippen LogP contribution in [0.4, 0.5) is 4.39 Å². The molecule has 2 aliphatic heterocycles. The largest absolute Gasteiger partial charge is 0.507 e. The Balaban J connectivity index is 1.34. The third kappa shape index (κ3) is 3.13. The number of phenolic OH excluding ortho intramolecular Hbond substituents is 1. The lowest BCUT2D eigenvalue weighted by molar-refractivity contribution is -0.0729. The quantitative estimate of drug-likeness (QED) is 0.707. The van der Waals surface area contributed by atoms with Crippen LogP contribution >= 0.6 is 0 Å². The van der Waals surface area contributed by atoms with Gasteiger partial charge in [0.2, 0.25) is 5.88 Å². The molecule has 0 amide bonds. The summed E-state index contributed by atoms with van der Waals surface area (Å²) in [7, 11) is 0. The van der Waals surface area contributed by atoms with E-state index >= 15 is 0 Å². The molecule has 1 aliphatic carbocycles. The van der Waals surface area contributed by atoms with Gasteiger partial charge in [0.25, 0.3) is 0 Å². The monoisotopic (exact) mass is 395 g/mol. The summed E-state index contributed by atoms with van der Waals surface area (Å²) in [5.41, 5.74) is 1.34. The van der Waals surface area contributed by atoms with Gasteiger partial charge in [0.05, 0.1) is 23.2 Å². The third-order valence-electron chi connectivity index (χ3n) is 6.12. The molecule has 29 heavy (non-hydrogen) atoms. The molecule has 2 bridgehead atoms. The van der Waals surface area contributed by atoms with E-state index in [2.05, 4.69) is 20.5 Å². The molecule has 3 aliphatic rings. The number of rotatable bonds is 4. The van der Waals surface area contributed by atoms with Crippen molar-refractivity contribution in [2.45, 2.75) is 37.6 Å². The molecule has 2 N–H and O–H groups in total. The van der Waals surface area contributed by atoms with Crippen molar-refractivity contribution in [2.24, 2.45) is 5.92 Å². The summed E-state index contributed by atoms with van der Waals surface area (Å²) in [6.07, 6.45) is 5.29. The zero-order chi connectivity index (χ0) is 20.0. The van der Waals surface area contributed by atoms with Crippen molar-refractivity contribution in [1.29, 1.82) is 0 Å². The second-order valence-corrected chi connectivity index (χ2v) is 8.01. The van der Waals surface area contributed by atoms with Crippen LogP contribution in [0.2, 0.25) is 0 Å². The lowest BCUT2D eigenvalue weighted by Gasteiger charge is -2.51. The number of aromatic hydroxyl groups is 1. The maximum absolute atomic E-state index is 14.9. The van der Waals surface area contributed by atoms with E-state index in [1.807, 2.05) is 13.0 Å². The fraction of sp³-hybridized carbons (Fsp3) is 0.381. The molecular weight excluding hydrogens is 373 g/mol. The van der Waals surface area contributed by atoms with Gasteiger partial charge in [-0.3, -0.25) is 0 Å². The van der Waals surface area contributed by atoms with Crippen LogP contribution in [-0.2, 0) is 0 Å². The molecule has 1 saturated carbocycles. The average molecular weight is 395 g/mol. The Morgan fingerprint density at radius 2 is 2.17 bits per heavy atom. The molecule has 1 unspecified atom stereocenters. The Kier molecular flexibility index (Phi) is 4.24. The first-order valence-electron chi connectivity index (χ1n) is 9.75. The van der Waals surface area contributed by atoms with Crippen molar-refractivity contribution < 1.29 is 14.2 Å². The van der Waals surface area contributed by atoms with Crippen molar-refractivity contribution in [2.75, 3.05) is 6.54 Å². The maximum Gasteiger partial charge on any atom is 0.233 e. The van der Waals surface area contributed by atoms with Gasteiger partial charge in [0, 0.05) is 42.6 Å². The molecule has 2 saturated heterocycles. The number of ether oxygens (including phenoxy) is 1. The lowest BCUT2D eigenvalue weighted by atomic mass is 9.70. The summed E-state index contributed by atoms with van der Waals surface area (Å²) in [6.45, 7) is 2.67. The van der Waals surface area contributed by atoms with Crippen LogP contribution in [-0.4, -0.2) is 49.2 Å². The molecule has 1 aromatic carbocycles. The minimum atomic E-state index is -1.09. The van der Waals surface area contributed by atoms with E-state index in [4.69, 9.17) is 4.74 Å². The molecule has 4 heterocycles. The Hall–Kier alpha value is -3.00. The second kappa shape index (κ2) is 6.81. The Morgan fingerprint density at radius 3 is 2.83 bits per heavy atom. The van der Waals surface area contributed by atoms with E-state index in [1.54, 1.807) is 47.6 Å². The Morgan fingerprint density at radius 1 is 1.28 bits per heavy atom. The second-order valence-electron chi connectivity index (χ2n) is 8.01. The minimum absolute atomic E-state index is 0.0894. The standard InChI is InChI=1S/C21H22FN5O2/c1-21-7-6-13(11-24-21)19(20(21)22)29-18-5-4-16(25-26-18)15-3-2-14(10-17(15)28)27-9-8-23-12-27/h2-5,8-10,12-13,19-20,24,28H,6-7,11H2,1H3/t13?,19-,20-,21-/m0/s1. The number of phenols is 1. The highest BCUT2D eigenvalue weighted by Crippen LogP contribution is 2.40. The first-order valence-corrected chi connectivity index (χ1v) is 9.75. The fourth-order valence-corrected chi connectivity index (χ4v) is 4.29. The topological polar surface area (TPSA) is 85.1 Å². The summed E-state index contributed by atoms with van der Waals surface area (Å²) in [4.78, 5) is 4.00. The molecule has 3 aromatic rings. The van der Waals surface area contributed by atoms with Crippen molar-refractivity contribution in [3.05, 3.63) is 49.1 Å². The third-order valence-corrected chi connectivity index (χ3v) is 6.12. The molecule has 2 aromatic heterocycles. The number of piperidine rings is 2. The normalized spacial score (nSPS) is 28.4. The summed E-state index contributed by atoms with van der Waals surface area (Å²) < 4.78 is 22.6. The summed E-state index contributed by atoms with van der Waals surface area (Å²) in [5.74, 6) is 0.520. The first kappa shape index (κ1) is 18.1. The van der Waals surface area contributed by atoms with Crippen LogP contribution in [0.1, 0.15) is 19.8 Å². The molecule has 6 rings (SSSR count). The van der Waals surface area contributed by atoms with E-state index < -0.39 is 17.8 Å². The van der Waals surface area contributed by atoms with Gasteiger partial charge in [-0.2, -0.15) is 0 Å². The van der Waals surface area contributed by atoms with Crippen molar-refractivity contribution in [3.8, 4) is 28.6 Å². The van der Waals surface area contributed by atoms with E-state index in [0.717, 1.165) is 25.1 Å². The van der Waals surface area contributed by atoms with Crippen molar-refractivity contribution in [3.63, 3.8) is 0 Å². The van der Waals surface area contributed by atoms with Gasteiger partial charge in [0.1, 0.15) is 11.9 Å². The summed E-state index contributed by atoms with van der Waals surface area (Å²) in [6, 6.07) is 8.69. The fourth-order valence-electron chi connectivity index (χ4n) is 4.29. The molecule has 8 heteroatoms. The number of aromatic nitrogens is 4. The number of halogens is 1. The van der Waals surface area contributed by atoms with E-state index in [0.29, 0.717) is 17.1 Å². The zero-order valence-electron chi connectivity index (χ0n) is 16.0. The molecule has 3 fully saturated rings. The number of imidazole rings is 1. The van der Waals surface area contributed by atoms with Gasteiger partial charge in [-0.05, 0) is 38.0 Å². The molecule has 4 atom stereocenters. The number of nitrogens with zero attached hydrogens (tertiary/aromatic N) is 4. The molecule has 0 radical (unpaired) electrons. The van der Waals surface area contributed by atoms with E-state index in [1.165, 1.54) is 0 Å². The number of benzene rings is 1. The number of nitrogens with one attached hydrogen (secondary N) is 1. The molecular formula is C21H22FN5O2. The highest BCUT2D eigenvalue weighted by molar-refractivity contribution is 5.68. The summed E-state index contributed by atoms with van der Waals surface area (Å²) >= 11 is 0. The van der Waals surface area contributed by atoms with Gasteiger partial charge in [-0.15, -0.1) is 10.2 Å². The van der Waals surface area contributed by atoms with Crippen LogP contribution in [0.5, 0.6) is 11.6 Å². The van der Waals surface area contributed by atoms with Crippen LogP contribution in [0.25, 0.3) is 16.9 Å². The minimum Gasteiger partial charge on any atom is -0.507 e. The number of fused-ring (bicyclic) bond motifs is 3. The van der Waals surface area contributed by atoms with E-state index in [9.17, 15) is 9.50 Å². The van der Waals surface area contributed by atoms with Crippen LogP contribution in [0.3, 0.4) is 0 Å². The van der Waals surface area contributed by atoms with Gasteiger partial charge in [-0.1, -0.05) is 0 Å². The lowest BCUT2D eigenvalue weighted by Crippen LogP contribution is -2.68. The predicted octanol–water partition coefficient (Wildman–Crippen LogP) is 2.89. The molecule has 7 nitrogen and oxygen atoms in total. The highest BCUT2D eigenvalue weighted by Gasteiger charge is 2.52. The maximum atomic E-state index is 14.9. The van der Waals surface area contributed by atoms with Crippen molar-refractivity contribution in [1.82, 2.24) is 25.1 Å². The molecule has 0 spiro atoms. The van der Waals surface area contributed by atoms with Crippen LogP contribution < -0.4 is 10.1 Å². The number of hydrogen-bond acceptors (Lipinski definition) is 6. The molecule has 150 valence electrons. The average Bonchev–Trinajstić information content (AvgIpc) is 3.27. The van der Waals surface area contributed by atoms with Crippen LogP contribution in [0, 0.1) is 5.92 Å². The van der Waals surface area contributed by atoms with Crippen LogP contribution in [0.15, 0.2) is 49.1 Å². The highest BCUT2D eigenvalue weighted by atomic mass is 19.1. The first-order chi connectivity index (χ1) is 14.0. The van der Waals surface area contributed by atoms with Gasteiger partial charge in [0.15, 0.2) is 6.17 Å². The number of alkyl halides is 1. The Labute approximate surface area is 167 Å². The SMILES string of the molecule is C[C@@]12CCC(CN1)[C@H](Oc1ccc(-c3ccc(-n4ccnc4)cc3O)nn1)[C@@H]2F.